The van der Waals surface area contributed by atoms with Crippen molar-refractivity contribution in [2.45, 2.75) is 38.1 Å². The Bertz CT molecular complexity index is 1800. The van der Waals surface area contributed by atoms with Gasteiger partial charge < -0.3 is 0 Å². The van der Waals surface area contributed by atoms with Crippen molar-refractivity contribution >= 4 is 33.1 Å². The van der Waals surface area contributed by atoms with Gasteiger partial charge in [-0.05, 0) is 50.6 Å². The van der Waals surface area contributed by atoms with Gasteiger partial charge in [-0.3, -0.25) is 9.59 Å². The molecule has 0 aromatic heterocycles. The molecule has 4 aromatic carbocycles. The fourth-order valence-electron chi connectivity index (χ4n) is 6.51. The minimum absolute atomic E-state index is 0.0193. The van der Waals surface area contributed by atoms with Crippen LogP contribution in [0.3, 0.4) is 0 Å². The number of para-hydroxylation sites is 1. The summed E-state index contributed by atoms with van der Waals surface area (Å²) in [6.07, 6.45) is -0.0203. The molecule has 0 saturated carbocycles. The first-order chi connectivity index (χ1) is 20.6. The summed E-state index contributed by atoms with van der Waals surface area (Å²) in [7, 11) is -4.09. The number of benzene rings is 4. The van der Waals surface area contributed by atoms with E-state index in [1.165, 1.54) is 9.31 Å². The molecule has 1 amide bonds. The highest BCUT2D eigenvalue weighted by molar-refractivity contribution is 7.89. The first-order valence-corrected chi connectivity index (χ1v) is 15.8. The van der Waals surface area contributed by atoms with E-state index in [0.717, 1.165) is 11.1 Å². The summed E-state index contributed by atoms with van der Waals surface area (Å²) in [5, 5.41) is 6.14. The van der Waals surface area contributed by atoms with Crippen molar-refractivity contribution in [3.8, 4) is 0 Å². The zero-order chi connectivity index (χ0) is 30.4. The molecule has 43 heavy (non-hydrogen) atoms. The van der Waals surface area contributed by atoms with Gasteiger partial charge in [-0.2, -0.15) is 14.4 Å². The van der Waals surface area contributed by atoms with Gasteiger partial charge in [0.1, 0.15) is 5.41 Å². The summed E-state index contributed by atoms with van der Waals surface area (Å²) in [6, 6.07) is 31.4. The van der Waals surface area contributed by atoms with E-state index in [2.05, 4.69) is 0 Å². The van der Waals surface area contributed by atoms with E-state index in [9.17, 15) is 18.0 Å². The predicted octanol–water partition coefficient (Wildman–Crippen LogP) is 6.35. The lowest BCUT2D eigenvalue weighted by Gasteiger charge is -2.36. The second-order valence-electron chi connectivity index (χ2n) is 11.4. The molecule has 2 aliphatic heterocycles. The van der Waals surface area contributed by atoms with Crippen LogP contribution in [0.25, 0.3) is 0 Å². The maximum Gasteiger partial charge on any atom is 0.261 e. The zero-order valence-corrected chi connectivity index (χ0v) is 25.2. The number of sulfonamides is 1. The number of hydrogen-bond donors (Lipinski definition) is 0. The minimum atomic E-state index is -4.09. The zero-order valence-electron chi connectivity index (χ0n) is 24.3. The Morgan fingerprint density at radius 2 is 1.37 bits per heavy atom. The van der Waals surface area contributed by atoms with Crippen molar-refractivity contribution in [2.24, 2.45) is 16.4 Å². The summed E-state index contributed by atoms with van der Waals surface area (Å²) in [5.74, 6) is -1.16. The van der Waals surface area contributed by atoms with Crippen LogP contribution in [0, 0.1) is 25.2 Å². The molecule has 8 heteroatoms. The van der Waals surface area contributed by atoms with Crippen LogP contribution >= 0.6 is 0 Å². The molecule has 0 radical (unpaired) electrons. The predicted molar refractivity (Wildman–Crippen MR) is 167 cm³/mol. The second kappa shape index (κ2) is 11.0. The highest BCUT2D eigenvalue weighted by Crippen LogP contribution is 2.58. The largest absolute Gasteiger partial charge is 0.294 e. The molecule has 0 unspecified atom stereocenters. The average Bonchev–Trinajstić information content (AvgIpc) is 3.50. The van der Waals surface area contributed by atoms with E-state index < -0.39 is 27.4 Å². The average molecular weight is 592 g/mol. The number of hydrazone groups is 1. The quantitative estimate of drug-likeness (QED) is 0.235. The second-order valence-corrected chi connectivity index (χ2v) is 13.3. The van der Waals surface area contributed by atoms with Gasteiger partial charge in [-0.1, -0.05) is 96.1 Å². The van der Waals surface area contributed by atoms with Crippen LogP contribution < -0.4 is 5.01 Å². The Balaban J connectivity index is 1.56. The first kappa shape index (κ1) is 28.7. The van der Waals surface area contributed by atoms with Crippen LogP contribution in [0.5, 0.6) is 0 Å². The fourth-order valence-corrected chi connectivity index (χ4v) is 8.20. The summed E-state index contributed by atoms with van der Waals surface area (Å²) in [6.45, 7) is 5.62. The molecule has 0 aliphatic carbocycles. The van der Waals surface area contributed by atoms with E-state index in [0.29, 0.717) is 22.5 Å². The third kappa shape index (κ3) is 4.80. The van der Waals surface area contributed by atoms with Crippen molar-refractivity contribution in [3.63, 3.8) is 0 Å². The number of hydrogen-bond acceptors (Lipinski definition) is 5. The number of anilines is 1. The highest BCUT2D eigenvalue weighted by atomic mass is 32.2. The number of Topliss-reactive ketones (excluding diaryl/α,β-unsaturated/α-hetero) is 1. The number of rotatable bonds is 7. The number of nitrogens with zero attached hydrogens (tertiary/aromatic N) is 3. The molecular formula is C35H33N3O4S. The fraction of sp³-hybridized carbons (Fsp3) is 0.229. The molecule has 2 aliphatic rings. The Morgan fingerprint density at radius 3 is 1.98 bits per heavy atom. The topological polar surface area (TPSA) is 87.1 Å². The van der Waals surface area contributed by atoms with Crippen molar-refractivity contribution < 1.29 is 18.0 Å². The Kier molecular flexibility index (Phi) is 7.36. The van der Waals surface area contributed by atoms with Crippen LogP contribution in [0.2, 0.25) is 0 Å². The van der Waals surface area contributed by atoms with Crippen LogP contribution in [-0.4, -0.2) is 36.7 Å². The van der Waals surface area contributed by atoms with Crippen LogP contribution in [0.1, 0.15) is 46.4 Å². The van der Waals surface area contributed by atoms with E-state index in [1.54, 1.807) is 67.6 Å². The third-order valence-corrected chi connectivity index (χ3v) is 10.6. The van der Waals surface area contributed by atoms with Gasteiger partial charge in [0.15, 0.2) is 5.78 Å². The van der Waals surface area contributed by atoms with Gasteiger partial charge in [0.2, 0.25) is 10.0 Å². The lowest BCUT2D eigenvalue weighted by atomic mass is 9.66. The molecular weight excluding hydrogens is 558 g/mol. The molecule has 6 rings (SSSR count). The number of aryl methyl sites for hydroxylation is 2. The van der Waals surface area contributed by atoms with Crippen molar-refractivity contribution in [1.82, 2.24) is 4.31 Å². The molecule has 1 spiro atoms. The van der Waals surface area contributed by atoms with Crippen molar-refractivity contribution in [3.05, 3.63) is 131 Å². The Hall–Kier alpha value is -4.40. The minimum Gasteiger partial charge on any atom is -0.294 e. The van der Waals surface area contributed by atoms with Crippen LogP contribution in [0.15, 0.2) is 119 Å². The Morgan fingerprint density at radius 1 is 0.814 bits per heavy atom. The maximum absolute atomic E-state index is 14.9. The van der Waals surface area contributed by atoms with Gasteiger partial charge in [0.25, 0.3) is 5.91 Å². The number of ketones is 1. The highest BCUT2D eigenvalue weighted by Gasteiger charge is 2.67. The Labute approximate surface area is 252 Å². The van der Waals surface area contributed by atoms with Gasteiger partial charge in [0, 0.05) is 24.4 Å². The normalized spacial score (nSPS) is 22.3. The number of carbonyl (C=O) groups is 2. The lowest BCUT2D eigenvalue weighted by molar-refractivity contribution is -0.126. The van der Waals surface area contributed by atoms with Crippen LogP contribution in [0.4, 0.5) is 5.69 Å². The molecule has 3 atom stereocenters. The molecule has 218 valence electrons. The molecule has 0 bridgehead atoms. The standard InChI is InChI=1S/C35H33N3O4S/c1-24-14-18-28(19-15-24)33-35(26(3)36-38(34(35)40)30-12-8-5-9-13-30)29(22-32(39)27-10-6-4-7-11-27)23-37(33)43(41,42)31-20-16-25(2)17-21-31/h4-21,29,33H,22-23H2,1-3H3/t29-,33-,35+/m0/s1. The van der Waals surface area contributed by atoms with Gasteiger partial charge in [-0.15, -0.1) is 0 Å². The van der Waals surface area contributed by atoms with E-state index in [-0.39, 0.29) is 29.6 Å². The SMILES string of the molecule is CC1=NN(c2ccccc2)C(=O)[C@@]12[C@@H](CC(=O)c1ccccc1)CN(S(=O)(=O)c1ccc(C)cc1)[C@H]2c1ccc(C)cc1. The number of amides is 1. The van der Waals surface area contributed by atoms with E-state index in [1.807, 2.05) is 62.4 Å². The number of carbonyl (C=O) groups excluding carboxylic acids is 2. The molecule has 0 N–H and O–H groups in total. The maximum atomic E-state index is 14.9. The summed E-state index contributed by atoms with van der Waals surface area (Å²) in [4.78, 5) is 28.7. The molecule has 7 nitrogen and oxygen atoms in total. The van der Waals surface area contributed by atoms with Gasteiger partial charge >= 0.3 is 0 Å². The van der Waals surface area contributed by atoms with Crippen molar-refractivity contribution in [2.75, 3.05) is 11.6 Å². The van der Waals surface area contributed by atoms with E-state index >= 15 is 0 Å². The summed E-state index contributed by atoms with van der Waals surface area (Å²) < 4.78 is 30.4. The molecule has 1 fully saturated rings. The molecule has 2 heterocycles. The molecule has 1 saturated heterocycles. The first-order valence-electron chi connectivity index (χ1n) is 14.3. The van der Waals surface area contributed by atoms with Gasteiger partial charge in [-0.25, -0.2) is 8.42 Å². The summed E-state index contributed by atoms with van der Waals surface area (Å²) >= 11 is 0. The third-order valence-electron chi connectivity index (χ3n) is 8.71. The molecule has 4 aromatic rings. The van der Waals surface area contributed by atoms with E-state index in [4.69, 9.17) is 5.10 Å². The lowest BCUT2D eigenvalue weighted by Crippen LogP contribution is -2.48. The van der Waals surface area contributed by atoms with Crippen molar-refractivity contribution in [1.29, 1.82) is 0 Å². The van der Waals surface area contributed by atoms with Crippen LogP contribution in [-0.2, 0) is 14.8 Å². The summed E-state index contributed by atoms with van der Waals surface area (Å²) in [5.41, 5.74) is 2.80. The monoisotopic (exact) mass is 591 g/mol. The smallest absolute Gasteiger partial charge is 0.261 e. The van der Waals surface area contributed by atoms with Gasteiger partial charge in [0.05, 0.1) is 22.3 Å².